The van der Waals surface area contributed by atoms with Gasteiger partial charge in [-0.3, -0.25) is 4.79 Å². The zero-order valence-electron chi connectivity index (χ0n) is 13.0. The molecule has 0 unspecified atom stereocenters. The average Bonchev–Trinajstić information content (AvgIpc) is 3.02. The normalized spacial score (nSPS) is 11.4. The number of nitrogens with one attached hydrogen (secondary N) is 1. The molecule has 0 bridgehead atoms. The number of anilines is 1. The van der Waals surface area contributed by atoms with Crippen LogP contribution in [0.25, 0.3) is 5.69 Å². The van der Waals surface area contributed by atoms with Crippen LogP contribution in [0.5, 0.6) is 5.75 Å². The second-order valence-corrected chi connectivity index (χ2v) is 5.70. The Bertz CT molecular complexity index is 970. The highest BCUT2D eigenvalue weighted by molar-refractivity contribution is 6.30. The standard InChI is InChI=1S/C17H11ClF3N3O2/c18-10-4-3-5-11(8-10)24-15(17(19,20)21)12(9-22-24)16(26)23-13-6-1-2-7-14(13)25/h1-9,25H,(H,23,26). The second-order valence-electron chi connectivity index (χ2n) is 5.27. The van der Waals surface area contributed by atoms with Crippen LogP contribution in [-0.2, 0) is 6.18 Å². The van der Waals surface area contributed by atoms with Crippen molar-refractivity contribution in [3.63, 3.8) is 0 Å². The number of phenolic OH excluding ortho intramolecular Hbond substituents is 1. The van der Waals surface area contributed by atoms with Crippen molar-refractivity contribution in [3.05, 3.63) is 71.0 Å². The Labute approximate surface area is 150 Å². The van der Waals surface area contributed by atoms with E-state index in [1.807, 2.05) is 0 Å². The SMILES string of the molecule is O=C(Nc1ccccc1O)c1cnn(-c2cccc(Cl)c2)c1C(F)(F)F. The highest BCUT2D eigenvalue weighted by Crippen LogP contribution is 2.34. The fourth-order valence-electron chi connectivity index (χ4n) is 2.36. The molecular formula is C17H11ClF3N3O2. The first-order valence-electron chi connectivity index (χ1n) is 7.28. The molecule has 3 aromatic rings. The van der Waals surface area contributed by atoms with Crippen molar-refractivity contribution in [1.82, 2.24) is 9.78 Å². The van der Waals surface area contributed by atoms with E-state index in [9.17, 15) is 23.1 Å². The molecule has 0 spiro atoms. The Morgan fingerprint density at radius 2 is 1.88 bits per heavy atom. The summed E-state index contributed by atoms with van der Waals surface area (Å²) >= 11 is 5.83. The summed E-state index contributed by atoms with van der Waals surface area (Å²) in [6.45, 7) is 0. The van der Waals surface area contributed by atoms with Gasteiger partial charge in [0.15, 0.2) is 5.69 Å². The van der Waals surface area contributed by atoms with Gasteiger partial charge in [0.2, 0.25) is 0 Å². The van der Waals surface area contributed by atoms with E-state index in [1.54, 1.807) is 0 Å². The van der Waals surface area contributed by atoms with Crippen LogP contribution in [0, 0.1) is 0 Å². The molecule has 0 aliphatic rings. The van der Waals surface area contributed by atoms with E-state index in [0.717, 1.165) is 6.20 Å². The van der Waals surface area contributed by atoms with Gasteiger partial charge < -0.3 is 10.4 Å². The van der Waals surface area contributed by atoms with Crippen LogP contribution in [0.1, 0.15) is 16.1 Å². The number of aromatic hydroxyl groups is 1. The number of benzene rings is 2. The average molecular weight is 382 g/mol. The molecular weight excluding hydrogens is 371 g/mol. The van der Waals surface area contributed by atoms with E-state index in [-0.39, 0.29) is 22.1 Å². The molecule has 1 amide bonds. The maximum atomic E-state index is 13.6. The van der Waals surface area contributed by atoms with Gasteiger partial charge in [0.1, 0.15) is 5.75 Å². The van der Waals surface area contributed by atoms with Crippen LogP contribution in [0.3, 0.4) is 0 Å². The molecule has 134 valence electrons. The largest absolute Gasteiger partial charge is 0.506 e. The predicted molar refractivity (Wildman–Crippen MR) is 89.6 cm³/mol. The minimum absolute atomic E-state index is 0.0128. The minimum atomic E-state index is -4.84. The van der Waals surface area contributed by atoms with Crippen molar-refractivity contribution >= 4 is 23.2 Å². The van der Waals surface area contributed by atoms with E-state index in [0.29, 0.717) is 4.68 Å². The summed E-state index contributed by atoms with van der Waals surface area (Å²) in [6, 6.07) is 11.4. The second kappa shape index (κ2) is 6.72. The molecule has 0 atom stereocenters. The van der Waals surface area contributed by atoms with Crippen LogP contribution in [-0.4, -0.2) is 20.8 Å². The summed E-state index contributed by atoms with van der Waals surface area (Å²) in [5, 5.41) is 15.8. The summed E-state index contributed by atoms with van der Waals surface area (Å²) in [5.41, 5.74) is -1.87. The van der Waals surface area contributed by atoms with E-state index >= 15 is 0 Å². The van der Waals surface area contributed by atoms with Gasteiger partial charge in [-0.05, 0) is 30.3 Å². The summed E-state index contributed by atoms with van der Waals surface area (Å²) in [5.74, 6) is -1.32. The summed E-state index contributed by atoms with van der Waals surface area (Å²) in [7, 11) is 0. The number of aromatic nitrogens is 2. The third-order valence-corrected chi connectivity index (χ3v) is 3.72. The molecule has 0 radical (unpaired) electrons. The number of carbonyl (C=O) groups is 1. The van der Waals surface area contributed by atoms with Gasteiger partial charge in [0.05, 0.1) is 23.1 Å². The highest BCUT2D eigenvalue weighted by Gasteiger charge is 2.40. The lowest BCUT2D eigenvalue weighted by Gasteiger charge is -2.13. The lowest BCUT2D eigenvalue weighted by Crippen LogP contribution is -2.20. The number of halogens is 4. The first-order chi connectivity index (χ1) is 12.3. The fraction of sp³-hybridized carbons (Fsp3) is 0.0588. The van der Waals surface area contributed by atoms with Crippen LogP contribution in [0.4, 0.5) is 18.9 Å². The first kappa shape index (κ1) is 17.8. The van der Waals surface area contributed by atoms with Crippen molar-refractivity contribution in [3.8, 4) is 11.4 Å². The summed E-state index contributed by atoms with van der Waals surface area (Å²) in [6.07, 6.45) is -4.02. The van der Waals surface area contributed by atoms with Crippen LogP contribution < -0.4 is 5.32 Å². The van der Waals surface area contributed by atoms with Gasteiger partial charge in [-0.2, -0.15) is 18.3 Å². The van der Waals surface area contributed by atoms with Crippen molar-refractivity contribution in [2.45, 2.75) is 6.18 Å². The lowest BCUT2D eigenvalue weighted by atomic mass is 10.2. The summed E-state index contributed by atoms with van der Waals surface area (Å²) in [4.78, 5) is 12.3. The number of phenols is 1. The highest BCUT2D eigenvalue weighted by atomic mass is 35.5. The molecule has 2 N–H and O–H groups in total. The van der Waals surface area contributed by atoms with Crippen molar-refractivity contribution in [2.75, 3.05) is 5.32 Å². The monoisotopic (exact) mass is 381 g/mol. The number of rotatable bonds is 3. The Balaban J connectivity index is 2.05. The predicted octanol–water partition coefficient (Wildman–Crippen LogP) is 4.50. The van der Waals surface area contributed by atoms with Crippen molar-refractivity contribution in [2.24, 2.45) is 0 Å². The smallest absolute Gasteiger partial charge is 0.434 e. The third-order valence-electron chi connectivity index (χ3n) is 3.49. The molecule has 0 aliphatic heterocycles. The molecule has 9 heteroatoms. The number of amides is 1. The lowest BCUT2D eigenvalue weighted by molar-refractivity contribution is -0.143. The van der Waals surface area contributed by atoms with Gasteiger partial charge >= 0.3 is 6.18 Å². The topological polar surface area (TPSA) is 67.2 Å². The zero-order valence-corrected chi connectivity index (χ0v) is 13.7. The number of para-hydroxylation sites is 2. The molecule has 0 saturated carbocycles. The first-order valence-corrected chi connectivity index (χ1v) is 7.65. The molecule has 0 fully saturated rings. The van der Waals surface area contributed by atoms with E-state index in [1.165, 1.54) is 48.5 Å². The molecule has 0 saturated heterocycles. The maximum absolute atomic E-state index is 13.6. The Morgan fingerprint density at radius 1 is 1.15 bits per heavy atom. The van der Waals surface area contributed by atoms with Crippen LogP contribution in [0.15, 0.2) is 54.7 Å². The third kappa shape index (κ3) is 3.50. The van der Waals surface area contributed by atoms with Crippen LogP contribution in [0.2, 0.25) is 5.02 Å². The fourth-order valence-corrected chi connectivity index (χ4v) is 2.54. The number of hydrogen-bond acceptors (Lipinski definition) is 3. The maximum Gasteiger partial charge on any atom is 0.434 e. The molecule has 5 nitrogen and oxygen atoms in total. The molecule has 3 rings (SSSR count). The minimum Gasteiger partial charge on any atom is -0.506 e. The van der Waals surface area contributed by atoms with Crippen LogP contribution >= 0.6 is 11.6 Å². The molecule has 26 heavy (non-hydrogen) atoms. The number of alkyl halides is 3. The Kier molecular flexibility index (Phi) is 4.60. The van der Waals surface area contributed by atoms with Gasteiger partial charge in [-0.1, -0.05) is 29.8 Å². The number of carbonyl (C=O) groups excluding carboxylic acids is 1. The molecule has 0 aliphatic carbocycles. The van der Waals surface area contributed by atoms with Gasteiger partial charge in [-0.25, -0.2) is 4.68 Å². The van der Waals surface area contributed by atoms with Crippen molar-refractivity contribution < 1.29 is 23.1 Å². The van der Waals surface area contributed by atoms with E-state index in [4.69, 9.17) is 11.6 Å². The van der Waals surface area contributed by atoms with E-state index < -0.39 is 23.3 Å². The Morgan fingerprint density at radius 3 is 2.54 bits per heavy atom. The van der Waals surface area contributed by atoms with Gasteiger partial charge in [0.25, 0.3) is 5.91 Å². The Hall–Kier alpha value is -3.00. The van der Waals surface area contributed by atoms with Gasteiger partial charge in [-0.15, -0.1) is 0 Å². The number of hydrogen-bond donors (Lipinski definition) is 2. The van der Waals surface area contributed by atoms with Crippen molar-refractivity contribution in [1.29, 1.82) is 0 Å². The zero-order chi connectivity index (χ0) is 18.9. The van der Waals surface area contributed by atoms with Gasteiger partial charge in [0, 0.05) is 5.02 Å². The van der Waals surface area contributed by atoms with E-state index in [2.05, 4.69) is 10.4 Å². The molecule has 1 aromatic heterocycles. The quantitative estimate of drug-likeness (QED) is 0.656. The number of nitrogens with zero attached hydrogens (tertiary/aromatic N) is 2. The molecule has 2 aromatic carbocycles. The summed E-state index contributed by atoms with van der Waals surface area (Å²) < 4.78 is 41.4. The molecule has 1 heterocycles.